The third kappa shape index (κ3) is 9.69. The number of carbonyl (C=O) groups is 1. The molecule has 1 unspecified atom stereocenters. The van der Waals surface area contributed by atoms with Gasteiger partial charge >= 0.3 is 21.6 Å². The molecule has 48 heavy (non-hydrogen) atoms. The summed E-state index contributed by atoms with van der Waals surface area (Å²) in [7, 11) is -15.1. The van der Waals surface area contributed by atoms with Gasteiger partial charge in [-0.25, -0.2) is 24.1 Å². The highest BCUT2D eigenvalue weighted by molar-refractivity contribution is 7.86. The lowest BCUT2D eigenvalue weighted by Gasteiger charge is -2.17. The lowest BCUT2D eigenvalue weighted by molar-refractivity contribution is -0.136. The second-order valence-electron chi connectivity index (χ2n) is 9.91. The number of aliphatic hydroxyl groups excluding tert-OH is 2. The first-order valence-electron chi connectivity index (χ1n) is 13.4. The molecule has 260 valence electrons. The molecule has 1 saturated heterocycles. The Labute approximate surface area is 271 Å². The van der Waals surface area contributed by atoms with E-state index in [4.69, 9.17) is 24.2 Å². The van der Waals surface area contributed by atoms with Gasteiger partial charge in [0, 0.05) is 6.54 Å². The first-order valence-corrected chi connectivity index (χ1v) is 17.9. The Bertz CT molecular complexity index is 1910. The van der Waals surface area contributed by atoms with Crippen LogP contribution in [0.25, 0.3) is 11.2 Å². The number of rotatable bonds is 12. The molecular weight excluding hydrogens is 704 g/mol. The van der Waals surface area contributed by atoms with E-state index in [1.165, 1.54) is 41.5 Å². The molecule has 2 aromatic carbocycles. The summed E-state index contributed by atoms with van der Waals surface area (Å²) >= 11 is 0. The number of aliphatic hydroxyl groups is 2. The minimum absolute atomic E-state index is 0.0301. The topological polar surface area (TPSA) is 310 Å². The van der Waals surface area contributed by atoms with E-state index in [9.17, 15) is 37.4 Å². The zero-order valence-electron chi connectivity index (χ0n) is 24.2. The molecule has 2 aromatic heterocycles. The van der Waals surface area contributed by atoms with Crippen molar-refractivity contribution in [2.75, 3.05) is 11.9 Å². The molecule has 23 heteroatoms. The van der Waals surface area contributed by atoms with Crippen LogP contribution in [-0.4, -0.2) is 93.4 Å². The molecular formula is C25H29N5O15P2S. The van der Waals surface area contributed by atoms with Crippen molar-refractivity contribution in [3.8, 4) is 0 Å². The Morgan fingerprint density at radius 3 is 2.19 bits per heavy atom. The van der Waals surface area contributed by atoms with E-state index in [1.807, 2.05) is 30.3 Å². The van der Waals surface area contributed by atoms with Gasteiger partial charge in [0.05, 0.1) is 12.9 Å². The van der Waals surface area contributed by atoms with E-state index in [2.05, 4.69) is 29.1 Å². The van der Waals surface area contributed by atoms with E-state index >= 15 is 0 Å². The van der Waals surface area contributed by atoms with Gasteiger partial charge in [-0.3, -0.25) is 18.4 Å². The number of aromatic nitrogens is 4. The van der Waals surface area contributed by atoms with Gasteiger partial charge < -0.3 is 40.1 Å². The molecule has 20 nitrogen and oxygen atoms in total. The molecule has 0 radical (unpaired) electrons. The number of anilines is 1. The first-order chi connectivity index (χ1) is 22.5. The van der Waals surface area contributed by atoms with Crippen LogP contribution in [0.3, 0.4) is 0 Å². The van der Waals surface area contributed by atoms with Gasteiger partial charge in [-0.05, 0) is 11.1 Å². The minimum atomic E-state index is -5.31. The maximum absolute atomic E-state index is 11.6. The number of nitrogens with one attached hydrogen (secondary N) is 1. The van der Waals surface area contributed by atoms with E-state index < -0.39 is 68.1 Å². The molecule has 1 aliphatic rings. The number of phosphoric acid groups is 2. The van der Waals surface area contributed by atoms with Gasteiger partial charge in [0.25, 0.3) is 10.1 Å². The number of fused-ring (bicyclic) bond motifs is 1. The number of nitrogens with zero attached hydrogens (tertiary/aromatic N) is 4. The molecule has 3 heterocycles. The van der Waals surface area contributed by atoms with E-state index in [0.717, 1.165) is 5.56 Å². The average Bonchev–Trinajstić information content (AvgIpc) is 3.55. The number of phosphoric ester groups is 1. The molecule has 1 fully saturated rings. The van der Waals surface area contributed by atoms with Gasteiger partial charge in [0.1, 0.15) is 24.6 Å². The molecule has 0 spiro atoms. The predicted octanol–water partition coefficient (Wildman–Crippen LogP) is 0.984. The monoisotopic (exact) mass is 733 g/mol. The number of carboxylic acids is 1. The van der Waals surface area contributed by atoms with Crippen LogP contribution in [-0.2, 0) is 44.2 Å². The number of hydrogen-bond acceptors (Lipinski definition) is 14. The lowest BCUT2D eigenvalue weighted by Crippen LogP contribution is -2.33. The van der Waals surface area contributed by atoms with Gasteiger partial charge in [-0.1, -0.05) is 60.7 Å². The van der Waals surface area contributed by atoms with Crippen molar-refractivity contribution in [3.63, 3.8) is 0 Å². The third-order valence-corrected chi connectivity index (χ3v) is 9.73. The summed E-state index contributed by atoms with van der Waals surface area (Å²) in [5.74, 6) is -1.17. The highest BCUT2D eigenvalue weighted by Gasteiger charge is 2.46. The van der Waals surface area contributed by atoms with Crippen molar-refractivity contribution in [2.24, 2.45) is 0 Å². The molecule has 5 rings (SSSR count). The Balaban J connectivity index is 0.000000312. The van der Waals surface area contributed by atoms with E-state index in [-0.39, 0.29) is 11.2 Å². The second-order valence-corrected chi connectivity index (χ2v) is 14.2. The summed E-state index contributed by atoms with van der Waals surface area (Å²) in [5, 5.41) is 30.6. The number of aliphatic carboxylic acids is 1. The largest absolute Gasteiger partial charge is 0.481 e. The SMILES string of the molecule is O=C(O)[C@@H](c1ccccc1)S(=O)(=O)O.O=P(O)(O)OP(=O)(O)OC[C@H]1O[C@@H](n2cnc3c(NCc4ccccc4)ncnc32)[C@H](O)[C@@H]1O. The van der Waals surface area contributed by atoms with Crippen LogP contribution in [0, 0.1) is 0 Å². The number of ether oxygens (including phenoxy) is 1. The Hall–Kier alpha value is -3.69. The van der Waals surface area contributed by atoms with Crippen LogP contribution in [0.5, 0.6) is 0 Å². The Kier molecular flexibility index (Phi) is 11.8. The maximum Gasteiger partial charge on any atom is 0.481 e. The molecule has 0 saturated carbocycles. The fourth-order valence-corrected chi connectivity index (χ4v) is 6.80. The average molecular weight is 734 g/mol. The minimum Gasteiger partial charge on any atom is -0.480 e. The standard InChI is InChI=1S/C17H21N5O10P2.C8H8O5S/c23-13-11(7-30-34(28,29)32-33(25,26)27)31-17(14(13)24)22-9-21-12-15(19-8-20-16(12)22)18-6-10-4-2-1-3-5-10;9-8(10)7(14(11,12)13)6-4-2-1-3-5-6/h1-5,8-9,11,13-14,17,23-24H,6-7H2,(H,28,29)(H,18,19,20)(H2,25,26,27);1-5,7H,(H,9,10)(H,11,12,13)/t11-,13-,14-,17-;7-/m11/s1. The van der Waals surface area contributed by atoms with Gasteiger partial charge in [0.15, 0.2) is 23.2 Å². The fraction of sp³-hybridized carbons (Fsp3) is 0.280. The van der Waals surface area contributed by atoms with Crippen molar-refractivity contribution in [1.82, 2.24) is 19.5 Å². The third-order valence-electron chi connectivity index (χ3n) is 6.51. The van der Waals surface area contributed by atoms with Crippen molar-refractivity contribution in [1.29, 1.82) is 0 Å². The summed E-state index contributed by atoms with van der Waals surface area (Å²) in [4.78, 5) is 49.9. The maximum atomic E-state index is 11.6. The molecule has 8 N–H and O–H groups in total. The van der Waals surface area contributed by atoms with Crippen LogP contribution in [0.4, 0.5) is 5.82 Å². The first kappa shape index (κ1) is 37.1. The number of imidazole rings is 1. The summed E-state index contributed by atoms with van der Waals surface area (Å²) < 4.78 is 67.7. The van der Waals surface area contributed by atoms with Crippen molar-refractivity contribution < 1.29 is 70.5 Å². The zero-order valence-corrected chi connectivity index (χ0v) is 26.8. The number of hydrogen-bond donors (Lipinski definition) is 8. The van der Waals surface area contributed by atoms with Gasteiger partial charge in [0.2, 0.25) is 5.25 Å². The molecule has 6 atom stereocenters. The van der Waals surface area contributed by atoms with Crippen molar-refractivity contribution in [3.05, 3.63) is 84.4 Å². The smallest absolute Gasteiger partial charge is 0.480 e. The van der Waals surface area contributed by atoms with E-state index in [1.54, 1.807) is 6.07 Å². The van der Waals surface area contributed by atoms with Crippen molar-refractivity contribution in [2.45, 2.75) is 36.3 Å². The van der Waals surface area contributed by atoms with Crippen LogP contribution in [0.2, 0.25) is 0 Å². The normalized spacial score (nSPS) is 21.5. The second kappa shape index (κ2) is 15.2. The van der Waals surface area contributed by atoms with Gasteiger partial charge in [-0.2, -0.15) is 12.7 Å². The molecule has 4 aromatic rings. The molecule has 0 aliphatic carbocycles. The molecule has 0 amide bonds. The number of benzene rings is 2. The highest BCUT2D eigenvalue weighted by atomic mass is 32.2. The lowest BCUT2D eigenvalue weighted by atomic mass is 10.1. The molecule has 1 aliphatic heterocycles. The quantitative estimate of drug-likeness (QED) is 0.0743. The zero-order chi connectivity index (χ0) is 35.3. The van der Waals surface area contributed by atoms with Crippen LogP contribution in [0.15, 0.2) is 73.3 Å². The Morgan fingerprint density at radius 1 is 0.979 bits per heavy atom. The van der Waals surface area contributed by atoms with Crippen LogP contribution < -0.4 is 5.32 Å². The summed E-state index contributed by atoms with van der Waals surface area (Å²) in [6, 6.07) is 16.8. The van der Waals surface area contributed by atoms with Crippen molar-refractivity contribution >= 4 is 48.7 Å². The van der Waals surface area contributed by atoms with E-state index in [0.29, 0.717) is 17.9 Å². The van der Waals surface area contributed by atoms with Crippen LogP contribution in [0.1, 0.15) is 22.6 Å². The number of carboxylic acid groups (broad SMARTS) is 1. The summed E-state index contributed by atoms with van der Waals surface area (Å²) in [6.45, 7) is -0.341. The van der Waals surface area contributed by atoms with Crippen LogP contribution >= 0.6 is 15.6 Å². The summed E-state index contributed by atoms with van der Waals surface area (Å²) in [5.41, 5.74) is 1.69. The summed E-state index contributed by atoms with van der Waals surface area (Å²) in [6.07, 6.45) is -3.02. The van der Waals surface area contributed by atoms with Gasteiger partial charge in [-0.15, -0.1) is 0 Å². The highest BCUT2D eigenvalue weighted by Crippen LogP contribution is 2.57. The predicted molar refractivity (Wildman–Crippen MR) is 162 cm³/mol. The fourth-order valence-electron chi connectivity index (χ4n) is 4.44. The Morgan fingerprint density at radius 2 is 1.60 bits per heavy atom. The molecule has 0 bridgehead atoms.